The van der Waals surface area contributed by atoms with E-state index in [0.717, 1.165) is 23.5 Å². The Labute approximate surface area is 119 Å². The first kappa shape index (κ1) is 12.9. The zero-order chi connectivity index (χ0) is 14.1. The van der Waals surface area contributed by atoms with Crippen LogP contribution in [-0.2, 0) is 13.0 Å². The number of rotatable bonds is 3. The molecule has 0 bridgehead atoms. The zero-order valence-electron chi connectivity index (χ0n) is 11.9. The average molecular weight is 265 g/mol. The van der Waals surface area contributed by atoms with Crippen molar-refractivity contribution in [1.29, 1.82) is 0 Å². The third-order valence-electron chi connectivity index (χ3n) is 3.66. The van der Waals surface area contributed by atoms with Gasteiger partial charge in [-0.05, 0) is 31.5 Å². The number of imidazole rings is 1. The van der Waals surface area contributed by atoms with E-state index in [-0.39, 0.29) is 0 Å². The molecule has 102 valence electrons. The van der Waals surface area contributed by atoms with Crippen LogP contribution >= 0.6 is 0 Å². The number of pyridine rings is 1. The van der Waals surface area contributed by atoms with E-state index in [1.807, 2.05) is 12.1 Å². The molecule has 0 aliphatic rings. The molecular formula is C17H19N3. The highest BCUT2D eigenvalue weighted by atomic mass is 15.0. The number of aryl methyl sites for hydroxylation is 2. The Morgan fingerprint density at radius 2 is 1.90 bits per heavy atom. The van der Waals surface area contributed by atoms with Crippen molar-refractivity contribution in [3.63, 3.8) is 0 Å². The molecule has 0 aliphatic carbocycles. The summed E-state index contributed by atoms with van der Waals surface area (Å²) < 4.78 is 2.16. The summed E-state index contributed by atoms with van der Waals surface area (Å²) in [7, 11) is 0. The van der Waals surface area contributed by atoms with Crippen molar-refractivity contribution in [1.82, 2.24) is 9.38 Å². The number of benzene rings is 1. The Morgan fingerprint density at radius 1 is 1.10 bits per heavy atom. The molecule has 3 rings (SSSR count). The number of hydrogen-bond acceptors (Lipinski definition) is 2. The minimum absolute atomic E-state index is 0.507. The summed E-state index contributed by atoms with van der Waals surface area (Å²) in [6, 6.07) is 14.7. The molecule has 2 N–H and O–H groups in total. The number of nitrogens with two attached hydrogens (primary N) is 1. The predicted molar refractivity (Wildman–Crippen MR) is 81.8 cm³/mol. The second-order valence-electron chi connectivity index (χ2n) is 5.24. The van der Waals surface area contributed by atoms with E-state index in [1.165, 1.54) is 16.8 Å². The van der Waals surface area contributed by atoms with Crippen LogP contribution in [0.1, 0.15) is 28.2 Å². The molecule has 0 radical (unpaired) electrons. The average Bonchev–Trinajstić information content (AvgIpc) is 2.77. The highest BCUT2D eigenvalue weighted by Gasteiger charge is 2.12. The van der Waals surface area contributed by atoms with Crippen LogP contribution < -0.4 is 5.73 Å². The first-order valence-electron chi connectivity index (χ1n) is 6.90. The van der Waals surface area contributed by atoms with Crippen molar-refractivity contribution in [3.05, 3.63) is 70.7 Å². The lowest BCUT2D eigenvalue weighted by Crippen LogP contribution is -2.06. The van der Waals surface area contributed by atoms with Crippen LogP contribution in [0.25, 0.3) is 5.65 Å². The van der Waals surface area contributed by atoms with E-state index in [0.29, 0.717) is 6.54 Å². The third-order valence-corrected chi connectivity index (χ3v) is 3.66. The minimum atomic E-state index is 0.507. The van der Waals surface area contributed by atoms with E-state index >= 15 is 0 Å². The molecule has 0 fully saturated rings. The fraction of sp³-hybridized carbons (Fsp3) is 0.235. The fourth-order valence-corrected chi connectivity index (χ4v) is 2.74. The van der Waals surface area contributed by atoms with Gasteiger partial charge in [-0.2, -0.15) is 0 Å². The topological polar surface area (TPSA) is 43.3 Å². The van der Waals surface area contributed by atoms with Crippen molar-refractivity contribution >= 4 is 5.65 Å². The van der Waals surface area contributed by atoms with E-state index < -0.39 is 0 Å². The van der Waals surface area contributed by atoms with Gasteiger partial charge >= 0.3 is 0 Å². The lowest BCUT2D eigenvalue weighted by molar-refractivity contribution is 0.906. The molecular weight excluding hydrogens is 246 g/mol. The lowest BCUT2D eigenvalue weighted by atomic mass is 10.1. The summed E-state index contributed by atoms with van der Waals surface area (Å²) in [4.78, 5) is 4.75. The number of aromatic nitrogens is 2. The van der Waals surface area contributed by atoms with Gasteiger partial charge in [0.05, 0.1) is 11.4 Å². The molecule has 0 atom stereocenters. The summed E-state index contributed by atoms with van der Waals surface area (Å²) in [6.45, 7) is 4.71. The van der Waals surface area contributed by atoms with Crippen molar-refractivity contribution in [2.75, 3.05) is 0 Å². The Kier molecular flexibility index (Phi) is 3.28. The van der Waals surface area contributed by atoms with E-state index in [4.69, 9.17) is 10.7 Å². The monoisotopic (exact) mass is 265 g/mol. The van der Waals surface area contributed by atoms with Gasteiger partial charge in [-0.3, -0.25) is 4.40 Å². The molecule has 3 nitrogen and oxygen atoms in total. The standard InChI is InChI=1S/C17H19N3/c1-12-5-3-7-14(9-12)10-15-16(11-18)20-13(2)6-4-8-17(20)19-15/h3-9H,10-11,18H2,1-2H3. The van der Waals surface area contributed by atoms with Gasteiger partial charge in [0, 0.05) is 18.7 Å². The first-order chi connectivity index (χ1) is 9.69. The molecule has 0 unspecified atom stereocenters. The van der Waals surface area contributed by atoms with Gasteiger partial charge in [-0.1, -0.05) is 35.9 Å². The summed E-state index contributed by atoms with van der Waals surface area (Å²) >= 11 is 0. The molecule has 0 saturated carbocycles. The van der Waals surface area contributed by atoms with E-state index in [2.05, 4.69) is 48.6 Å². The highest BCUT2D eigenvalue weighted by molar-refractivity contribution is 5.46. The molecule has 2 heterocycles. The molecule has 0 spiro atoms. The fourth-order valence-electron chi connectivity index (χ4n) is 2.74. The molecule has 0 amide bonds. The summed E-state index contributed by atoms with van der Waals surface area (Å²) in [5.41, 5.74) is 12.8. The predicted octanol–water partition coefficient (Wildman–Crippen LogP) is 3.00. The van der Waals surface area contributed by atoms with Gasteiger partial charge in [0.25, 0.3) is 0 Å². The van der Waals surface area contributed by atoms with Crippen LogP contribution in [0.4, 0.5) is 0 Å². The van der Waals surface area contributed by atoms with Gasteiger partial charge in [-0.15, -0.1) is 0 Å². The lowest BCUT2D eigenvalue weighted by Gasteiger charge is -2.05. The van der Waals surface area contributed by atoms with E-state index in [1.54, 1.807) is 0 Å². The van der Waals surface area contributed by atoms with Crippen LogP contribution in [0.3, 0.4) is 0 Å². The van der Waals surface area contributed by atoms with Gasteiger partial charge in [0.2, 0.25) is 0 Å². The Balaban J connectivity index is 2.10. The normalized spacial score (nSPS) is 11.2. The molecule has 3 aromatic rings. The van der Waals surface area contributed by atoms with Gasteiger partial charge in [0.1, 0.15) is 5.65 Å². The summed E-state index contributed by atoms with van der Waals surface area (Å²) in [6.07, 6.45) is 0.829. The smallest absolute Gasteiger partial charge is 0.137 e. The molecule has 1 aromatic carbocycles. The number of fused-ring (bicyclic) bond motifs is 1. The number of hydrogen-bond donors (Lipinski definition) is 1. The maximum Gasteiger partial charge on any atom is 0.137 e. The van der Waals surface area contributed by atoms with Crippen molar-refractivity contribution in [2.24, 2.45) is 5.73 Å². The highest BCUT2D eigenvalue weighted by Crippen LogP contribution is 2.18. The number of nitrogens with zero attached hydrogens (tertiary/aromatic N) is 2. The minimum Gasteiger partial charge on any atom is -0.325 e. The zero-order valence-corrected chi connectivity index (χ0v) is 11.9. The maximum absolute atomic E-state index is 5.95. The van der Waals surface area contributed by atoms with Crippen molar-refractivity contribution in [2.45, 2.75) is 26.8 Å². The van der Waals surface area contributed by atoms with Crippen LogP contribution in [0.5, 0.6) is 0 Å². The largest absolute Gasteiger partial charge is 0.325 e. The van der Waals surface area contributed by atoms with Crippen LogP contribution in [-0.4, -0.2) is 9.38 Å². The Bertz CT molecular complexity index is 756. The van der Waals surface area contributed by atoms with E-state index in [9.17, 15) is 0 Å². The van der Waals surface area contributed by atoms with Gasteiger partial charge in [-0.25, -0.2) is 4.98 Å². The second kappa shape index (κ2) is 5.10. The quantitative estimate of drug-likeness (QED) is 0.791. The SMILES string of the molecule is Cc1cccc(Cc2nc3cccc(C)n3c2CN)c1. The molecule has 3 heteroatoms. The summed E-state index contributed by atoms with van der Waals surface area (Å²) in [5, 5.41) is 0. The van der Waals surface area contributed by atoms with Crippen LogP contribution in [0.15, 0.2) is 42.5 Å². The molecule has 2 aromatic heterocycles. The maximum atomic E-state index is 5.95. The molecule has 20 heavy (non-hydrogen) atoms. The Morgan fingerprint density at radius 3 is 2.65 bits per heavy atom. The van der Waals surface area contributed by atoms with Gasteiger partial charge < -0.3 is 5.73 Å². The summed E-state index contributed by atoms with van der Waals surface area (Å²) in [5.74, 6) is 0. The van der Waals surface area contributed by atoms with Crippen molar-refractivity contribution in [3.8, 4) is 0 Å². The molecule has 0 aliphatic heterocycles. The van der Waals surface area contributed by atoms with Crippen molar-refractivity contribution < 1.29 is 0 Å². The second-order valence-corrected chi connectivity index (χ2v) is 5.24. The first-order valence-corrected chi connectivity index (χ1v) is 6.90. The molecule has 0 saturated heterocycles. The Hall–Kier alpha value is -2.13. The van der Waals surface area contributed by atoms with Crippen LogP contribution in [0, 0.1) is 13.8 Å². The van der Waals surface area contributed by atoms with Gasteiger partial charge in [0.15, 0.2) is 0 Å². The van der Waals surface area contributed by atoms with Crippen LogP contribution in [0.2, 0.25) is 0 Å². The third kappa shape index (κ3) is 2.21.